The van der Waals surface area contributed by atoms with E-state index in [1.165, 1.54) is 11.3 Å². The summed E-state index contributed by atoms with van der Waals surface area (Å²) in [5.74, 6) is 0. The minimum atomic E-state index is 0.595. The van der Waals surface area contributed by atoms with Crippen LogP contribution in [-0.4, -0.2) is 15.8 Å². The van der Waals surface area contributed by atoms with Crippen molar-refractivity contribution in [3.63, 3.8) is 0 Å². The number of hydrogen-bond acceptors (Lipinski definition) is 2. The lowest BCUT2D eigenvalue weighted by Gasteiger charge is -2.20. The van der Waals surface area contributed by atoms with E-state index < -0.39 is 0 Å². The molecule has 2 heterocycles. The maximum absolute atomic E-state index is 4.21. The lowest BCUT2D eigenvalue weighted by Crippen LogP contribution is -2.33. The van der Waals surface area contributed by atoms with Gasteiger partial charge in [0.25, 0.3) is 0 Å². The molecule has 11 heavy (non-hydrogen) atoms. The van der Waals surface area contributed by atoms with Crippen LogP contribution in [0.3, 0.4) is 0 Å². The highest BCUT2D eigenvalue weighted by molar-refractivity contribution is 5.21. The molecular weight excluding hydrogens is 138 g/mol. The van der Waals surface area contributed by atoms with Crippen molar-refractivity contribution in [3.05, 3.63) is 17.5 Å². The van der Waals surface area contributed by atoms with Gasteiger partial charge in [0.05, 0.1) is 6.20 Å². The standard InChI is InChI=1S/C8H13N3/c1-6-3-8-7(4-9-6)5-10-11(8)2/h5-6,9H,3-4H2,1-2H3. The molecule has 0 spiro atoms. The fraction of sp³-hybridized carbons (Fsp3) is 0.625. The maximum atomic E-state index is 4.21. The van der Waals surface area contributed by atoms with Crippen LogP contribution < -0.4 is 5.32 Å². The summed E-state index contributed by atoms with van der Waals surface area (Å²) in [6, 6.07) is 0.595. The molecule has 2 rings (SSSR count). The second-order valence-electron chi connectivity index (χ2n) is 3.23. The number of nitrogens with one attached hydrogen (secondary N) is 1. The Bertz CT molecular complexity index is 264. The van der Waals surface area contributed by atoms with E-state index in [0.29, 0.717) is 6.04 Å². The Morgan fingerprint density at radius 3 is 3.36 bits per heavy atom. The van der Waals surface area contributed by atoms with Crippen LogP contribution in [-0.2, 0) is 20.0 Å². The van der Waals surface area contributed by atoms with Gasteiger partial charge in [-0.1, -0.05) is 0 Å². The van der Waals surface area contributed by atoms with Gasteiger partial charge in [0.1, 0.15) is 0 Å². The van der Waals surface area contributed by atoms with Crippen molar-refractivity contribution >= 4 is 0 Å². The van der Waals surface area contributed by atoms with Crippen molar-refractivity contribution in [2.45, 2.75) is 25.9 Å². The molecule has 0 fully saturated rings. The number of aromatic nitrogens is 2. The Balaban J connectivity index is 2.37. The molecule has 0 saturated carbocycles. The van der Waals surface area contributed by atoms with Crippen molar-refractivity contribution in [3.8, 4) is 0 Å². The maximum Gasteiger partial charge on any atom is 0.0537 e. The molecule has 0 saturated heterocycles. The minimum Gasteiger partial charge on any atom is -0.310 e. The van der Waals surface area contributed by atoms with Crippen molar-refractivity contribution in [1.29, 1.82) is 0 Å². The molecule has 1 aliphatic rings. The molecule has 0 amide bonds. The van der Waals surface area contributed by atoms with E-state index in [2.05, 4.69) is 17.3 Å². The first-order chi connectivity index (χ1) is 5.27. The second-order valence-corrected chi connectivity index (χ2v) is 3.23. The predicted octanol–water partition coefficient (Wildman–Crippen LogP) is 0.454. The number of rotatable bonds is 0. The fourth-order valence-electron chi connectivity index (χ4n) is 1.57. The van der Waals surface area contributed by atoms with Crippen LogP contribution >= 0.6 is 0 Å². The van der Waals surface area contributed by atoms with Crippen LogP contribution in [0.15, 0.2) is 6.20 Å². The zero-order valence-electron chi connectivity index (χ0n) is 6.96. The van der Waals surface area contributed by atoms with E-state index >= 15 is 0 Å². The van der Waals surface area contributed by atoms with Gasteiger partial charge in [-0.15, -0.1) is 0 Å². The average molecular weight is 151 g/mol. The molecule has 3 nitrogen and oxygen atoms in total. The molecule has 0 aromatic carbocycles. The predicted molar refractivity (Wildman–Crippen MR) is 43.2 cm³/mol. The molecule has 1 aromatic heterocycles. The Morgan fingerprint density at radius 1 is 1.73 bits per heavy atom. The van der Waals surface area contributed by atoms with E-state index in [-0.39, 0.29) is 0 Å². The molecule has 1 N–H and O–H groups in total. The van der Waals surface area contributed by atoms with Gasteiger partial charge >= 0.3 is 0 Å². The van der Waals surface area contributed by atoms with Gasteiger partial charge in [0.15, 0.2) is 0 Å². The molecule has 0 aliphatic carbocycles. The third kappa shape index (κ3) is 1.05. The summed E-state index contributed by atoms with van der Waals surface area (Å²) in [7, 11) is 2.01. The van der Waals surface area contributed by atoms with Crippen LogP contribution in [0.2, 0.25) is 0 Å². The van der Waals surface area contributed by atoms with Crippen molar-refractivity contribution in [2.75, 3.05) is 0 Å². The van der Waals surface area contributed by atoms with Gasteiger partial charge in [-0.2, -0.15) is 5.10 Å². The third-order valence-electron chi connectivity index (χ3n) is 2.29. The van der Waals surface area contributed by atoms with Crippen molar-refractivity contribution < 1.29 is 0 Å². The highest BCUT2D eigenvalue weighted by Crippen LogP contribution is 2.14. The molecule has 0 radical (unpaired) electrons. The number of aryl methyl sites for hydroxylation is 1. The Labute approximate surface area is 66.4 Å². The quantitative estimate of drug-likeness (QED) is 0.583. The van der Waals surface area contributed by atoms with Gasteiger partial charge in [-0.25, -0.2) is 0 Å². The molecule has 1 atom stereocenters. The van der Waals surface area contributed by atoms with Gasteiger partial charge in [0, 0.05) is 37.3 Å². The zero-order valence-corrected chi connectivity index (χ0v) is 6.96. The smallest absolute Gasteiger partial charge is 0.0537 e. The van der Waals surface area contributed by atoms with Gasteiger partial charge in [0.2, 0.25) is 0 Å². The Hall–Kier alpha value is -0.830. The molecule has 1 aromatic rings. The first-order valence-corrected chi connectivity index (χ1v) is 4.00. The highest BCUT2D eigenvalue weighted by Gasteiger charge is 2.16. The molecular formula is C8H13N3. The summed E-state index contributed by atoms with van der Waals surface area (Å²) >= 11 is 0. The normalized spacial score (nSPS) is 23.3. The monoisotopic (exact) mass is 151 g/mol. The van der Waals surface area contributed by atoms with E-state index in [4.69, 9.17) is 0 Å². The van der Waals surface area contributed by atoms with E-state index in [1.54, 1.807) is 0 Å². The van der Waals surface area contributed by atoms with Gasteiger partial charge in [-0.3, -0.25) is 4.68 Å². The second kappa shape index (κ2) is 2.34. The summed E-state index contributed by atoms with van der Waals surface area (Å²) in [5, 5.41) is 7.61. The molecule has 1 unspecified atom stereocenters. The SMILES string of the molecule is CC1Cc2c(cnn2C)CN1. The minimum absolute atomic E-state index is 0.595. The number of fused-ring (bicyclic) bond motifs is 1. The van der Waals surface area contributed by atoms with E-state index in [1.807, 2.05) is 17.9 Å². The Kier molecular flexibility index (Phi) is 1.46. The first kappa shape index (κ1) is 6.85. The summed E-state index contributed by atoms with van der Waals surface area (Å²) in [5.41, 5.74) is 2.74. The van der Waals surface area contributed by atoms with Crippen LogP contribution in [0, 0.1) is 0 Å². The molecule has 0 bridgehead atoms. The van der Waals surface area contributed by atoms with Crippen molar-refractivity contribution in [1.82, 2.24) is 15.1 Å². The van der Waals surface area contributed by atoms with Gasteiger partial charge in [-0.05, 0) is 6.92 Å². The molecule has 60 valence electrons. The van der Waals surface area contributed by atoms with E-state index in [9.17, 15) is 0 Å². The van der Waals surface area contributed by atoms with Gasteiger partial charge < -0.3 is 5.32 Å². The first-order valence-electron chi connectivity index (χ1n) is 4.00. The summed E-state index contributed by atoms with van der Waals surface area (Å²) in [4.78, 5) is 0. The topological polar surface area (TPSA) is 29.9 Å². The van der Waals surface area contributed by atoms with Crippen LogP contribution in [0.5, 0.6) is 0 Å². The zero-order chi connectivity index (χ0) is 7.84. The largest absolute Gasteiger partial charge is 0.310 e. The molecule has 1 aliphatic heterocycles. The summed E-state index contributed by atoms with van der Waals surface area (Å²) in [6.07, 6.45) is 3.06. The number of nitrogens with zero attached hydrogens (tertiary/aromatic N) is 2. The summed E-state index contributed by atoms with van der Waals surface area (Å²) in [6.45, 7) is 3.18. The average Bonchev–Trinajstić information content (AvgIpc) is 2.33. The summed E-state index contributed by atoms with van der Waals surface area (Å²) < 4.78 is 1.98. The van der Waals surface area contributed by atoms with Crippen LogP contribution in [0.1, 0.15) is 18.2 Å². The Morgan fingerprint density at radius 2 is 2.55 bits per heavy atom. The van der Waals surface area contributed by atoms with Crippen LogP contribution in [0.25, 0.3) is 0 Å². The number of hydrogen-bond donors (Lipinski definition) is 1. The van der Waals surface area contributed by atoms with Crippen LogP contribution in [0.4, 0.5) is 0 Å². The fourth-order valence-corrected chi connectivity index (χ4v) is 1.57. The highest BCUT2D eigenvalue weighted by atomic mass is 15.3. The van der Waals surface area contributed by atoms with E-state index in [0.717, 1.165) is 13.0 Å². The lowest BCUT2D eigenvalue weighted by molar-refractivity contribution is 0.494. The lowest BCUT2D eigenvalue weighted by atomic mass is 10.0. The third-order valence-corrected chi connectivity index (χ3v) is 2.29. The molecule has 3 heteroatoms. The van der Waals surface area contributed by atoms with Crippen molar-refractivity contribution in [2.24, 2.45) is 7.05 Å².